The Bertz CT molecular complexity index is 1780. The number of benzene rings is 2. The van der Waals surface area contributed by atoms with E-state index in [2.05, 4.69) is 37.8 Å². The maximum Gasteiger partial charge on any atom is 0.416 e. The Morgan fingerprint density at radius 1 is 1.04 bits per heavy atom. The van der Waals surface area contributed by atoms with Crippen LogP contribution in [0.1, 0.15) is 63.1 Å². The number of hydrogen-bond acceptors (Lipinski definition) is 5. The van der Waals surface area contributed by atoms with Gasteiger partial charge >= 0.3 is 12.2 Å². The van der Waals surface area contributed by atoms with Crippen molar-refractivity contribution in [2.24, 2.45) is 10.4 Å². The van der Waals surface area contributed by atoms with Crippen molar-refractivity contribution in [3.63, 3.8) is 0 Å². The summed E-state index contributed by atoms with van der Waals surface area (Å²) in [6.45, 7) is 7.26. The molecule has 0 fully saturated rings. The Labute approximate surface area is 272 Å². The minimum Gasteiger partial charge on any atom is -0.382 e. The maximum absolute atomic E-state index is 13.8. The van der Waals surface area contributed by atoms with E-state index in [-0.39, 0.29) is 17.9 Å². The first-order valence-corrected chi connectivity index (χ1v) is 15.5. The molecule has 244 valence electrons. The van der Waals surface area contributed by atoms with Crippen LogP contribution in [0, 0.1) is 17.3 Å². The van der Waals surface area contributed by atoms with E-state index in [1.165, 1.54) is 11.0 Å². The van der Waals surface area contributed by atoms with Gasteiger partial charge in [0.2, 0.25) is 5.91 Å². The SMILES string of the molecule is CC(C)(C)CC(=O)NCC#Cc1ccc(NC(=O)N2CCCCNc3ccc(-c4cccc(C(F)(F)F)c4)nc32)cc1C1=CN=CC1. The van der Waals surface area contributed by atoms with Gasteiger partial charge in [0.05, 0.1) is 23.5 Å². The number of urea groups is 1. The van der Waals surface area contributed by atoms with Crippen LogP contribution < -0.4 is 20.9 Å². The summed E-state index contributed by atoms with van der Waals surface area (Å²) in [5, 5.41) is 9.12. The highest BCUT2D eigenvalue weighted by molar-refractivity contribution is 6.03. The number of anilines is 3. The van der Waals surface area contributed by atoms with E-state index in [9.17, 15) is 22.8 Å². The highest BCUT2D eigenvalue weighted by Gasteiger charge is 2.31. The van der Waals surface area contributed by atoms with Gasteiger partial charge < -0.3 is 16.0 Å². The summed E-state index contributed by atoms with van der Waals surface area (Å²) in [6.07, 6.45) is 1.60. The number of carbonyl (C=O) groups excluding carboxylic acids is 2. The van der Waals surface area contributed by atoms with E-state index >= 15 is 0 Å². The summed E-state index contributed by atoms with van der Waals surface area (Å²) in [5.41, 5.74) is 3.37. The number of nitrogens with one attached hydrogen (secondary N) is 3. The zero-order valence-corrected chi connectivity index (χ0v) is 26.6. The predicted octanol–water partition coefficient (Wildman–Crippen LogP) is 7.73. The highest BCUT2D eigenvalue weighted by Crippen LogP contribution is 2.35. The van der Waals surface area contributed by atoms with E-state index < -0.39 is 17.8 Å². The van der Waals surface area contributed by atoms with E-state index in [0.29, 0.717) is 60.8 Å². The summed E-state index contributed by atoms with van der Waals surface area (Å²) in [5.74, 6) is 6.44. The van der Waals surface area contributed by atoms with E-state index in [0.717, 1.165) is 35.3 Å². The zero-order valence-electron chi connectivity index (χ0n) is 26.6. The van der Waals surface area contributed by atoms with E-state index in [4.69, 9.17) is 0 Å². The van der Waals surface area contributed by atoms with Crippen LogP contribution in [-0.2, 0) is 11.0 Å². The van der Waals surface area contributed by atoms with Gasteiger partial charge in [-0.1, -0.05) is 44.7 Å². The molecule has 0 atom stereocenters. The number of rotatable bonds is 5. The number of carbonyl (C=O) groups is 2. The molecule has 3 aromatic rings. The molecule has 2 aromatic carbocycles. The monoisotopic (exact) mass is 642 g/mol. The molecule has 0 saturated carbocycles. The number of nitrogens with zero attached hydrogens (tertiary/aromatic N) is 3. The van der Waals surface area contributed by atoms with E-state index in [1.54, 1.807) is 36.7 Å². The lowest BCUT2D eigenvalue weighted by Gasteiger charge is -2.27. The number of amides is 3. The molecule has 0 saturated heterocycles. The zero-order chi connectivity index (χ0) is 33.6. The van der Waals surface area contributed by atoms with Gasteiger partial charge in [-0.3, -0.25) is 14.7 Å². The third kappa shape index (κ3) is 8.79. The molecule has 3 heterocycles. The Kier molecular flexibility index (Phi) is 9.99. The van der Waals surface area contributed by atoms with Crippen molar-refractivity contribution < 1.29 is 22.8 Å². The number of aliphatic imine (C=N–C) groups is 1. The van der Waals surface area contributed by atoms with Crippen LogP contribution in [0.3, 0.4) is 0 Å². The molecule has 0 bridgehead atoms. The van der Waals surface area contributed by atoms with Crippen molar-refractivity contribution in [1.29, 1.82) is 0 Å². The Morgan fingerprint density at radius 3 is 2.62 bits per heavy atom. The van der Waals surface area contributed by atoms with Gasteiger partial charge in [0.15, 0.2) is 5.82 Å². The van der Waals surface area contributed by atoms with Crippen LogP contribution in [0.25, 0.3) is 16.8 Å². The standard InChI is InChI=1S/C36H37F3N6O2/c1-35(2,3)22-32(46)42-17-7-9-24-11-12-28(21-29(24)26-15-18-40-23-26)43-34(47)45-19-5-4-16-41-31-14-13-30(44-33(31)45)25-8-6-10-27(20-25)36(37,38)39/h6,8,10-14,18,20-21,23,41H,4-5,15-17,19,22H2,1-3H3,(H,42,46)(H,43,47). The number of allylic oxidation sites excluding steroid dienone is 1. The number of hydrogen-bond donors (Lipinski definition) is 3. The molecule has 0 radical (unpaired) electrons. The molecule has 2 aliphatic heterocycles. The quantitative estimate of drug-likeness (QED) is 0.248. The molecule has 1 aromatic heterocycles. The van der Waals surface area contributed by atoms with Gasteiger partial charge in [0.25, 0.3) is 0 Å². The summed E-state index contributed by atoms with van der Waals surface area (Å²) >= 11 is 0. The van der Waals surface area contributed by atoms with Crippen LogP contribution in [0.4, 0.5) is 35.2 Å². The van der Waals surface area contributed by atoms with Gasteiger partial charge in [0, 0.05) is 55.2 Å². The number of halogens is 3. The molecular formula is C36H37F3N6O2. The molecule has 47 heavy (non-hydrogen) atoms. The van der Waals surface area contributed by atoms with Gasteiger partial charge in [-0.2, -0.15) is 13.2 Å². The summed E-state index contributed by atoms with van der Waals surface area (Å²) < 4.78 is 40.2. The molecule has 0 unspecified atom stereocenters. The molecule has 0 spiro atoms. The van der Waals surface area contributed by atoms with Crippen LogP contribution in [-0.4, -0.2) is 42.8 Å². The van der Waals surface area contributed by atoms with Crippen molar-refractivity contribution in [2.45, 2.75) is 52.6 Å². The fraction of sp³-hybridized carbons (Fsp3) is 0.333. The predicted molar refractivity (Wildman–Crippen MR) is 180 cm³/mol. The molecule has 0 aliphatic carbocycles. The second-order valence-electron chi connectivity index (χ2n) is 12.6. The highest BCUT2D eigenvalue weighted by atomic mass is 19.4. The Hall–Kier alpha value is -5.11. The Morgan fingerprint density at radius 2 is 1.87 bits per heavy atom. The first kappa shape index (κ1) is 33.3. The second kappa shape index (κ2) is 14.1. The molecule has 8 nitrogen and oxygen atoms in total. The first-order valence-electron chi connectivity index (χ1n) is 15.5. The average Bonchev–Trinajstić information content (AvgIpc) is 3.54. The van der Waals surface area contributed by atoms with Gasteiger partial charge in [0.1, 0.15) is 0 Å². The van der Waals surface area contributed by atoms with Crippen molar-refractivity contribution in [3.8, 4) is 23.1 Å². The van der Waals surface area contributed by atoms with E-state index in [1.807, 2.05) is 32.9 Å². The van der Waals surface area contributed by atoms with Crippen molar-refractivity contribution in [2.75, 3.05) is 35.2 Å². The number of pyridine rings is 1. The second-order valence-corrected chi connectivity index (χ2v) is 12.6. The molecule has 3 N–H and O–H groups in total. The van der Waals surface area contributed by atoms with Crippen LogP contribution in [0.5, 0.6) is 0 Å². The lowest BCUT2D eigenvalue weighted by atomic mass is 9.92. The minimum absolute atomic E-state index is 0.0607. The van der Waals surface area contributed by atoms with Gasteiger partial charge in [-0.25, -0.2) is 9.78 Å². The summed E-state index contributed by atoms with van der Waals surface area (Å²) in [4.78, 5) is 36.4. The molecule has 2 aliphatic rings. The lowest BCUT2D eigenvalue weighted by Crippen LogP contribution is -2.38. The molecule has 5 rings (SSSR count). The molecule has 3 amide bonds. The van der Waals surface area contributed by atoms with Crippen LogP contribution >= 0.6 is 0 Å². The van der Waals surface area contributed by atoms with Gasteiger partial charge in [-0.15, -0.1) is 0 Å². The number of aromatic nitrogens is 1. The average molecular weight is 643 g/mol. The topological polar surface area (TPSA) is 98.7 Å². The fourth-order valence-corrected chi connectivity index (χ4v) is 5.27. The molecule has 11 heteroatoms. The van der Waals surface area contributed by atoms with Crippen LogP contribution in [0.15, 0.2) is 65.8 Å². The summed E-state index contributed by atoms with van der Waals surface area (Å²) in [6, 6.07) is 13.4. The van der Waals surface area contributed by atoms with Crippen LogP contribution in [0.2, 0.25) is 0 Å². The first-order chi connectivity index (χ1) is 22.4. The van der Waals surface area contributed by atoms with Crippen molar-refractivity contribution >= 4 is 40.9 Å². The third-order valence-electron chi connectivity index (χ3n) is 7.54. The summed E-state index contributed by atoms with van der Waals surface area (Å²) in [7, 11) is 0. The van der Waals surface area contributed by atoms with Crippen molar-refractivity contribution in [3.05, 3.63) is 77.5 Å². The largest absolute Gasteiger partial charge is 0.416 e. The number of fused-ring (bicyclic) bond motifs is 1. The minimum atomic E-state index is -4.49. The maximum atomic E-state index is 13.8. The molecular weight excluding hydrogens is 605 g/mol. The normalized spacial score (nSPS) is 14.5. The van der Waals surface area contributed by atoms with Gasteiger partial charge in [-0.05, 0) is 71.9 Å². The Balaban J connectivity index is 1.39. The fourth-order valence-electron chi connectivity index (χ4n) is 5.27. The third-order valence-corrected chi connectivity index (χ3v) is 7.54. The smallest absolute Gasteiger partial charge is 0.382 e. The van der Waals surface area contributed by atoms with Crippen molar-refractivity contribution in [1.82, 2.24) is 10.3 Å². The lowest BCUT2D eigenvalue weighted by molar-refractivity contribution is -0.137. The number of alkyl halides is 3.